The van der Waals surface area contributed by atoms with Gasteiger partial charge in [0, 0.05) is 16.2 Å². The van der Waals surface area contributed by atoms with Crippen LogP contribution in [-0.4, -0.2) is 12.6 Å². The average molecular weight is 318 g/mol. The average Bonchev–Trinajstić information content (AvgIpc) is 2.17. The zero-order valence-electron chi connectivity index (χ0n) is 9.84. The van der Waals surface area contributed by atoms with Crippen LogP contribution in [0.1, 0.15) is 27.2 Å². The second kappa shape index (κ2) is 4.60. The number of halogens is 1. The van der Waals surface area contributed by atoms with Gasteiger partial charge in [-0.3, -0.25) is 0 Å². The first kappa shape index (κ1) is 12.6. The topological polar surface area (TPSA) is 29.3 Å². The molecular weight excluding hydrogens is 299 g/mol. The highest BCUT2D eigenvalue weighted by Crippen LogP contribution is 2.30. The van der Waals surface area contributed by atoms with Gasteiger partial charge in [-0.05, 0) is 61.1 Å². The van der Waals surface area contributed by atoms with Crippen LogP contribution in [0.15, 0.2) is 18.2 Å². The van der Waals surface area contributed by atoms with Crippen molar-refractivity contribution in [2.45, 2.75) is 32.7 Å². The molecule has 0 aliphatic carbocycles. The smallest absolute Gasteiger partial charge is 0.0602 e. The van der Waals surface area contributed by atoms with Crippen LogP contribution in [0.3, 0.4) is 0 Å². The van der Waals surface area contributed by atoms with Gasteiger partial charge in [-0.25, -0.2) is 0 Å². The molecule has 3 heteroatoms. The lowest BCUT2D eigenvalue weighted by atomic mass is 9.99. The summed E-state index contributed by atoms with van der Waals surface area (Å²) in [5.74, 6) is 0. The molecule has 0 saturated heterocycles. The molecule has 0 saturated carbocycles. The normalized spacial score (nSPS) is 11.5. The molecule has 0 unspecified atom stereocenters. The molecule has 1 rings (SSSR count). The number of benzene rings is 1. The number of nitrogens with zero attached hydrogens (tertiary/aromatic N) is 1. The Kier molecular flexibility index (Phi) is 3.87. The molecule has 0 aliphatic rings. The predicted octanol–water partition coefficient (Wildman–Crippen LogP) is 3.50. The maximum Gasteiger partial charge on any atom is 0.0602 e. The number of hydrogen-bond acceptors (Lipinski definition) is 2. The Labute approximate surface area is 106 Å². The summed E-state index contributed by atoms with van der Waals surface area (Å²) in [4.78, 5) is 2.25. The number of hydrogen-bond donors (Lipinski definition) is 1. The fourth-order valence-electron chi connectivity index (χ4n) is 1.39. The molecule has 0 aromatic heterocycles. The van der Waals surface area contributed by atoms with Gasteiger partial charge in [0.05, 0.1) is 11.4 Å². The Morgan fingerprint density at radius 2 is 2.00 bits per heavy atom. The molecule has 2 N–H and O–H groups in total. The Morgan fingerprint density at radius 1 is 1.40 bits per heavy atom. The van der Waals surface area contributed by atoms with E-state index in [-0.39, 0.29) is 5.54 Å². The van der Waals surface area contributed by atoms with Crippen molar-refractivity contribution in [2.75, 3.05) is 17.7 Å². The highest BCUT2D eigenvalue weighted by atomic mass is 127. The van der Waals surface area contributed by atoms with Gasteiger partial charge < -0.3 is 10.6 Å². The number of rotatable bonds is 3. The lowest BCUT2D eigenvalue weighted by Gasteiger charge is -2.37. The zero-order chi connectivity index (χ0) is 11.6. The van der Waals surface area contributed by atoms with E-state index in [0.717, 1.165) is 17.8 Å². The molecule has 1 aromatic rings. The SMILES string of the molecule is CCC(C)(C)N(C)c1ccc(I)cc1N. The van der Waals surface area contributed by atoms with E-state index in [2.05, 4.69) is 67.4 Å². The molecule has 0 fully saturated rings. The first-order valence-corrected chi connectivity index (χ1v) is 6.25. The molecule has 0 spiro atoms. The van der Waals surface area contributed by atoms with Crippen molar-refractivity contribution in [1.29, 1.82) is 0 Å². The second-order valence-electron chi connectivity index (χ2n) is 4.43. The quantitative estimate of drug-likeness (QED) is 0.683. The Morgan fingerprint density at radius 3 is 2.47 bits per heavy atom. The van der Waals surface area contributed by atoms with Crippen LogP contribution in [0, 0.1) is 3.57 Å². The van der Waals surface area contributed by atoms with Gasteiger partial charge in [-0.2, -0.15) is 0 Å². The number of nitrogens with two attached hydrogens (primary N) is 1. The Bertz CT molecular complexity index is 347. The fourth-order valence-corrected chi connectivity index (χ4v) is 1.91. The second-order valence-corrected chi connectivity index (χ2v) is 5.67. The van der Waals surface area contributed by atoms with Crippen molar-refractivity contribution in [3.63, 3.8) is 0 Å². The lowest BCUT2D eigenvalue weighted by molar-refractivity contribution is 0.471. The van der Waals surface area contributed by atoms with Crippen LogP contribution in [-0.2, 0) is 0 Å². The zero-order valence-corrected chi connectivity index (χ0v) is 12.0. The maximum atomic E-state index is 6.03. The van der Waals surface area contributed by atoms with E-state index < -0.39 is 0 Å². The summed E-state index contributed by atoms with van der Waals surface area (Å²) >= 11 is 2.28. The first-order valence-electron chi connectivity index (χ1n) is 5.17. The minimum Gasteiger partial charge on any atom is -0.397 e. The molecule has 2 nitrogen and oxygen atoms in total. The first-order chi connectivity index (χ1) is 6.88. The highest BCUT2D eigenvalue weighted by molar-refractivity contribution is 14.1. The minimum absolute atomic E-state index is 0.140. The van der Waals surface area contributed by atoms with E-state index in [1.807, 2.05) is 6.07 Å². The summed E-state index contributed by atoms with van der Waals surface area (Å²) < 4.78 is 1.18. The van der Waals surface area contributed by atoms with E-state index in [9.17, 15) is 0 Å². The Balaban J connectivity index is 3.06. The van der Waals surface area contributed by atoms with Gasteiger partial charge in [0.25, 0.3) is 0 Å². The third-order valence-electron chi connectivity index (χ3n) is 3.12. The van der Waals surface area contributed by atoms with Crippen LogP contribution in [0.4, 0.5) is 11.4 Å². The third kappa shape index (κ3) is 2.77. The van der Waals surface area contributed by atoms with Crippen LogP contribution in [0.2, 0.25) is 0 Å². The van der Waals surface area contributed by atoms with E-state index >= 15 is 0 Å². The van der Waals surface area contributed by atoms with Crippen molar-refractivity contribution in [1.82, 2.24) is 0 Å². The molecule has 0 heterocycles. The van der Waals surface area contributed by atoms with Gasteiger partial charge in [0.2, 0.25) is 0 Å². The molecule has 0 bridgehead atoms. The van der Waals surface area contributed by atoms with Gasteiger partial charge in [0.1, 0.15) is 0 Å². The van der Waals surface area contributed by atoms with Gasteiger partial charge >= 0.3 is 0 Å². The molecule has 84 valence electrons. The summed E-state index contributed by atoms with van der Waals surface area (Å²) in [6.45, 7) is 6.65. The van der Waals surface area contributed by atoms with Crippen LogP contribution in [0.25, 0.3) is 0 Å². The fraction of sp³-hybridized carbons (Fsp3) is 0.500. The summed E-state index contributed by atoms with van der Waals surface area (Å²) in [7, 11) is 2.10. The van der Waals surface area contributed by atoms with Crippen molar-refractivity contribution >= 4 is 34.0 Å². The summed E-state index contributed by atoms with van der Waals surface area (Å²) in [5.41, 5.74) is 8.13. The molecule has 1 aromatic carbocycles. The van der Waals surface area contributed by atoms with E-state index in [1.54, 1.807) is 0 Å². The number of anilines is 2. The number of nitrogen functional groups attached to an aromatic ring is 1. The van der Waals surface area contributed by atoms with E-state index in [4.69, 9.17) is 5.73 Å². The summed E-state index contributed by atoms with van der Waals surface area (Å²) in [6.07, 6.45) is 1.09. The van der Waals surface area contributed by atoms with Gasteiger partial charge in [0.15, 0.2) is 0 Å². The molecule has 0 atom stereocenters. The molecule has 0 aliphatic heterocycles. The largest absolute Gasteiger partial charge is 0.397 e. The minimum atomic E-state index is 0.140. The van der Waals surface area contributed by atoms with Crippen LogP contribution >= 0.6 is 22.6 Å². The molecule has 15 heavy (non-hydrogen) atoms. The third-order valence-corrected chi connectivity index (χ3v) is 3.80. The van der Waals surface area contributed by atoms with E-state index in [0.29, 0.717) is 0 Å². The standard InChI is InChI=1S/C12H19IN2/c1-5-12(2,3)15(4)11-7-6-9(13)8-10(11)14/h6-8H,5,14H2,1-4H3. The van der Waals surface area contributed by atoms with Crippen molar-refractivity contribution in [2.24, 2.45) is 0 Å². The molecule has 0 radical (unpaired) electrons. The Hall–Kier alpha value is -0.450. The lowest BCUT2D eigenvalue weighted by Crippen LogP contribution is -2.40. The molecular formula is C12H19IN2. The monoisotopic (exact) mass is 318 g/mol. The van der Waals surface area contributed by atoms with Crippen molar-refractivity contribution < 1.29 is 0 Å². The van der Waals surface area contributed by atoms with Gasteiger partial charge in [-0.1, -0.05) is 6.92 Å². The predicted molar refractivity (Wildman–Crippen MR) is 76.3 cm³/mol. The summed E-state index contributed by atoms with van der Waals surface area (Å²) in [5, 5.41) is 0. The van der Waals surface area contributed by atoms with Crippen molar-refractivity contribution in [3.8, 4) is 0 Å². The van der Waals surface area contributed by atoms with E-state index in [1.165, 1.54) is 3.57 Å². The summed E-state index contributed by atoms with van der Waals surface area (Å²) in [6, 6.07) is 6.20. The molecule has 0 amide bonds. The van der Waals surface area contributed by atoms with Crippen molar-refractivity contribution in [3.05, 3.63) is 21.8 Å². The maximum absolute atomic E-state index is 6.03. The highest BCUT2D eigenvalue weighted by Gasteiger charge is 2.22. The van der Waals surface area contributed by atoms with Crippen LogP contribution < -0.4 is 10.6 Å². The van der Waals surface area contributed by atoms with Gasteiger partial charge in [-0.15, -0.1) is 0 Å². The van der Waals surface area contributed by atoms with Crippen LogP contribution in [0.5, 0.6) is 0 Å².